The summed E-state index contributed by atoms with van der Waals surface area (Å²) < 4.78 is 1.06. The standard InChI is InChI=1S/C10H9BrOS2/c1-6-4-8(13-5-6)10(12)7-2-3-9(11)14-7/h2-5,10,12H,1H3. The van der Waals surface area contributed by atoms with E-state index in [1.165, 1.54) is 5.56 Å². The van der Waals surface area contributed by atoms with Crippen molar-refractivity contribution in [2.24, 2.45) is 0 Å². The maximum Gasteiger partial charge on any atom is 0.122 e. The van der Waals surface area contributed by atoms with Gasteiger partial charge in [0.2, 0.25) is 0 Å². The molecule has 2 rings (SSSR count). The average molecular weight is 289 g/mol. The Morgan fingerprint density at radius 2 is 2.14 bits per heavy atom. The minimum absolute atomic E-state index is 0.468. The monoisotopic (exact) mass is 288 g/mol. The van der Waals surface area contributed by atoms with E-state index in [-0.39, 0.29) is 0 Å². The van der Waals surface area contributed by atoms with Crippen molar-refractivity contribution >= 4 is 38.6 Å². The van der Waals surface area contributed by atoms with Gasteiger partial charge in [-0.15, -0.1) is 22.7 Å². The molecule has 0 fully saturated rings. The molecule has 0 aliphatic rings. The predicted octanol–water partition coefficient (Wildman–Crippen LogP) is 3.96. The van der Waals surface area contributed by atoms with Crippen LogP contribution in [0.15, 0.2) is 27.4 Å². The van der Waals surface area contributed by atoms with Crippen molar-refractivity contribution in [1.82, 2.24) is 0 Å². The minimum Gasteiger partial charge on any atom is -0.382 e. The molecule has 0 saturated carbocycles. The van der Waals surface area contributed by atoms with Gasteiger partial charge in [0.25, 0.3) is 0 Å². The number of aryl methyl sites for hydroxylation is 1. The fourth-order valence-corrected chi connectivity index (χ4v) is 3.62. The Kier molecular flexibility index (Phi) is 3.07. The highest BCUT2D eigenvalue weighted by Gasteiger charge is 2.13. The number of rotatable bonds is 2. The molecule has 2 aromatic heterocycles. The molecule has 0 aliphatic carbocycles. The van der Waals surface area contributed by atoms with Gasteiger partial charge in [-0.2, -0.15) is 0 Å². The van der Waals surface area contributed by atoms with Crippen molar-refractivity contribution < 1.29 is 5.11 Å². The molecular weight excluding hydrogens is 280 g/mol. The smallest absolute Gasteiger partial charge is 0.122 e. The van der Waals surface area contributed by atoms with Gasteiger partial charge in [0, 0.05) is 9.75 Å². The molecule has 74 valence electrons. The molecule has 0 aliphatic heterocycles. The van der Waals surface area contributed by atoms with E-state index in [9.17, 15) is 5.11 Å². The maximum atomic E-state index is 10.0. The summed E-state index contributed by atoms with van der Waals surface area (Å²) >= 11 is 6.57. The van der Waals surface area contributed by atoms with Gasteiger partial charge in [-0.1, -0.05) is 0 Å². The van der Waals surface area contributed by atoms with Crippen LogP contribution in [-0.2, 0) is 0 Å². The molecule has 0 amide bonds. The zero-order valence-corrected chi connectivity index (χ0v) is 10.7. The molecule has 1 atom stereocenters. The minimum atomic E-state index is -0.468. The molecule has 0 spiro atoms. The van der Waals surface area contributed by atoms with Crippen LogP contribution in [0.2, 0.25) is 0 Å². The highest BCUT2D eigenvalue weighted by atomic mass is 79.9. The van der Waals surface area contributed by atoms with Crippen LogP contribution in [0.3, 0.4) is 0 Å². The molecular formula is C10H9BrOS2. The third-order valence-electron chi connectivity index (χ3n) is 1.88. The molecule has 14 heavy (non-hydrogen) atoms. The van der Waals surface area contributed by atoms with Gasteiger partial charge >= 0.3 is 0 Å². The summed E-state index contributed by atoms with van der Waals surface area (Å²) in [6.45, 7) is 2.04. The summed E-state index contributed by atoms with van der Waals surface area (Å²) in [5, 5.41) is 12.1. The molecule has 1 unspecified atom stereocenters. The van der Waals surface area contributed by atoms with E-state index in [2.05, 4.69) is 21.3 Å². The van der Waals surface area contributed by atoms with E-state index in [0.29, 0.717) is 0 Å². The van der Waals surface area contributed by atoms with E-state index in [1.807, 2.05) is 25.1 Å². The third kappa shape index (κ3) is 2.08. The SMILES string of the molecule is Cc1csc(C(O)c2ccc(Br)s2)c1. The Morgan fingerprint density at radius 3 is 2.64 bits per heavy atom. The molecule has 2 heterocycles. The van der Waals surface area contributed by atoms with Crippen molar-refractivity contribution in [1.29, 1.82) is 0 Å². The van der Waals surface area contributed by atoms with Crippen molar-refractivity contribution in [3.63, 3.8) is 0 Å². The van der Waals surface area contributed by atoms with Gasteiger partial charge < -0.3 is 5.11 Å². The molecule has 2 aromatic rings. The summed E-state index contributed by atoms with van der Waals surface area (Å²) in [6.07, 6.45) is -0.468. The summed E-state index contributed by atoms with van der Waals surface area (Å²) in [4.78, 5) is 2.00. The number of aliphatic hydroxyl groups is 1. The van der Waals surface area contributed by atoms with Crippen molar-refractivity contribution in [3.8, 4) is 0 Å². The van der Waals surface area contributed by atoms with Crippen LogP contribution >= 0.6 is 38.6 Å². The van der Waals surface area contributed by atoms with Crippen LogP contribution in [0.4, 0.5) is 0 Å². The zero-order chi connectivity index (χ0) is 10.1. The van der Waals surface area contributed by atoms with Crippen LogP contribution in [0.5, 0.6) is 0 Å². The Balaban J connectivity index is 2.28. The number of halogens is 1. The summed E-state index contributed by atoms with van der Waals surface area (Å²) in [7, 11) is 0. The van der Waals surface area contributed by atoms with Crippen LogP contribution in [0, 0.1) is 6.92 Å². The van der Waals surface area contributed by atoms with Crippen molar-refractivity contribution in [2.75, 3.05) is 0 Å². The molecule has 4 heteroatoms. The number of aliphatic hydroxyl groups excluding tert-OH is 1. The van der Waals surface area contributed by atoms with Crippen molar-refractivity contribution in [3.05, 3.63) is 42.7 Å². The highest BCUT2D eigenvalue weighted by molar-refractivity contribution is 9.11. The summed E-state index contributed by atoms with van der Waals surface area (Å²) in [5.74, 6) is 0. The largest absolute Gasteiger partial charge is 0.382 e. The van der Waals surface area contributed by atoms with Gasteiger partial charge in [0.15, 0.2) is 0 Å². The lowest BCUT2D eigenvalue weighted by molar-refractivity contribution is 0.228. The van der Waals surface area contributed by atoms with Gasteiger partial charge in [0.05, 0.1) is 3.79 Å². The van der Waals surface area contributed by atoms with E-state index >= 15 is 0 Å². The van der Waals surface area contributed by atoms with Gasteiger partial charge in [0.1, 0.15) is 6.10 Å². The van der Waals surface area contributed by atoms with Gasteiger partial charge in [-0.25, -0.2) is 0 Å². The van der Waals surface area contributed by atoms with Crippen LogP contribution in [0.1, 0.15) is 21.4 Å². The second kappa shape index (κ2) is 4.14. The van der Waals surface area contributed by atoms with E-state index in [1.54, 1.807) is 22.7 Å². The summed E-state index contributed by atoms with van der Waals surface area (Å²) in [5.41, 5.74) is 1.21. The first-order valence-electron chi connectivity index (χ1n) is 4.15. The maximum absolute atomic E-state index is 10.0. The van der Waals surface area contributed by atoms with Crippen LogP contribution in [0.25, 0.3) is 0 Å². The van der Waals surface area contributed by atoms with Gasteiger partial charge in [-0.3, -0.25) is 0 Å². The Bertz CT molecular complexity index is 393. The van der Waals surface area contributed by atoms with E-state index < -0.39 is 6.10 Å². The quantitative estimate of drug-likeness (QED) is 0.887. The molecule has 1 nitrogen and oxygen atoms in total. The molecule has 0 aromatic carbocycles. The third-order valence-corrected chi connectivity index (χ3v) is 4.66. The fraction of sp³-hybridized carbons (Fsp3) is 0.200. The normalized spacial score (nSPS) is 13.1. The van der Waals surface area contributed by atoms with Gasteiger partial charge in [-0.05, 0) is 52.0 Å². The average Bonchev–Trinajstić information content (AvgIpc) is 2.73. The van der Waals surface area contributed by atoms with Crippen LogP contribution in [-0.4, -0.2) is 5.11 Å². The molecule has 0 bridgehead atoms. The lowest BCUT2D eigenvalue weighted by Gasteiger charge is -2.04. The Morgan fingerprint density at radius 1 is 1.36 bits per heavy atom. The van der Waals surface area contributed by atoms with Crippen molar-refractivity contribution in [2.45, 2.75) is 13.0 Å². The number of hydrogen-bond acceptors (Lipinski definition) is 3. The first-order valence-corrected chi connectivity index (χ1v) is 6.64. The van der Waals surface area contributed by atoms with Crippen LogP contribution < -0.4 is 0 Å². The first-order chi connectivity index (χ1) is 6.66. The second-order valence-electron chi connectivity index (χ2n) is 3.07. The summed E-state index contributed by atoms with van der Waals surface area (Å²) in [6, 6.07) is 5.95. The Hall–Kier alpha value is -0.160. The fourth-order valence-electron chi connectivity index (χ4n) is 1.21. The zero-order valence-electron chi connectivity index (χ0n) is 7.53. The highest BCUT2D eigenvalue weighted by Crippen LogP contribution is 2.33. The lowest BCUT2D eigenvalue weighted by atomic mass is 10.2. The molecule has 0 saturated heterocycles. The second-order valence-corrected chi connectivity index (χ2v) is 6.51. The molecule has 1 N–H and O–H groups in total. The topological polar surface area (TPSA) is 20.2 Å². The molecule has 0 radical (unpaired) electrons. The Labute approximate surface area is 99.2 Å². The predicted molar refractivity (Wildman–Crippen MR) is 65.1 cm³/mol. The lowest BCUT2D eigenvalue weighted by Crippen LogP contribution is -1.92. The first kappa shape index (κ1) is 10.4. The van der Waals surface area contributed by atoms with E-state index in [0.717, 1.165) is 13.5 Å². The van der Waals surface area contributed by atoms with E-state index in [4.69, 9.17) is 0 Å². The number of hydrogen-bond donors (Lipinski definition) is 1. The number of thiophene rings is 2.